The molecule has 3 heteroatoms. The van der Waals surface area contributed by atoms with E-state index in [-0.39, 0.29) is 0 Å². The monoisotopic (exact) mass is 259 g/mol. The van der Waals surface area contributed by atoms with Gasteiger partial charge in [0.1, 0.15) is 5.84 Å². The van der Waals surface area contributed by atoms with Crippen LogP contribution in [0.15, 0.2) is 40.9 Å². The van der Waals surface area contributed by atoms with Crippen LogP contribution in [0.1, 0.15) is 46.5 Å². The molecule has 2 rings (SSSR count). The summed E-state index contributed by atoms with van der Waals surface area (Å²) in [5.41, 5.74) is 9.37. The van der Waals surface area contributed by atoms with Gasteiger partial charge in [0, 0.05) is 18.1 Å². The highest BCUT2D eigenvalue weighted by Crippen LogP contribution is 2.39. The van der Waals surface area contributed by atoms with Crippen LogP contribution in [-0.2, 0) is 0 Å². The molecule has 0 bridgehead atoms. The van der Waals surface area contributed by atoms with Crippen LogP contribution in [-0.4, -0.2) is 10.7 Å². The molecule has 0 spiro atoms. The first-order chi connectivity index (χ1) is 9.04. The molecule has 0 aromatic carbocycles. The van der Waals surface area contributed by atoms with E-state index in [4.69, 9.17) is 5.73 Å². The van der Waals surface area contributed by atoms with E-state index < -0.39 is 0 Å². The minimum Gasteiger partial charge on any atom is -0.382 e. The molecule has 19 heavy (non-hydrogen) atoms. The number of amidine groups is 1. The first-order valence-electron chi connectivity index (χ1n) is 7.20. The number of aliphatic imine (C=N–C) groups is 1. The van der Waals surface area contributed by atoms with E-state index in [1.165, 1.54) is 37.0 Å². The summed E-state index contributed by atoms with van der Waals surface area (Å²) in [7, 11) is 0. The fourth-order valence-corrected chi connectivity index (χ4v) is 3.12. The van der Waals surface area contributed by atoms with Crippen molar-refractivity contribution in [3.8, 4) is 0 Å². The summed E-state index contributed by atoms with van der Waals surface area (Å²) in [6.45, 7) is 10.7. The van der Waals surface area contributed by atoms with Crippen molar-refractivity contribution in [2.24, 2.45) is 22.6 Å². The SMILES string of the molecule is C=C(C1CCC(CC)C1)N1C=CN=C(N)C1=C(C)C. The Morgan fingerprint density at radius 3 is 2.79 bits per heavy atom. The van der Waals surface area contributed by atoms with Crippen LogP contribution in [0.3, 0.4) is 0 Å². The van der Waals surface area contributed by atoms with Crippen molar-refractivity contribution in [1.82, 2.24) is 4.90 Å². The highest BCUT2D eigenvalue weighted by molar-refractivity contribution is 5.98. The van der Waals surface area contributed by atoms with Gasteiger partial charge in [-0.2, -0.15) is 0 Å². The second-order valence-corrected chi connectivity index (χ2v) is 5.81. The average Bonchev–Trinajstić information content (AvgIpc) is 2.85. The van der Waals surface area contributed by atoms with Crippen LogP contribution < -0.4 is 5.73 Å². The molecule has 2 unspecified atom stereocenters. The predicted octanol–water partition coefficient (Wildman–Crippen LogP) is 3.76. The van der Waals surface area contributed by atoms with Crippen LogP contribution in [0.2, 0.25) is 0 Å². The summed E-state index contributed by atoms with van der Waals surface area (Å²) in [6, 6.07) is 0. The first kappa shape index (κ1) is 13.9. The van der Waals surface area contributed by atoms with Gasteiger partial charge in [-0.1, -0.05) is 19.9 Å². The fraction of sp³-hybridized carbons (Fsp3) is 0.562. The maximum atomic E-state index is 6.02. The zero-order valence-corrected chi connectivity index (χ0v) is 12.3. The lowest BCUT2D eigenvalue weighted by molar-refractivity contribution is 0.445. The van der Waals surface area contributed by atoms with E-state index >= 15 is 0 Å². The Bertz CT molecular complexity index is 453. The summed E-state index contributed by atoms with van der Waals surface area (Å²) >= 11 is 0. The van der Waals surface area contributed by atoms with Crippen molar-refractivity contribution < 1.29 is 0 Å². The summed E-state index contributed by atoms with van der Waals surface area (Å²) in [4.78, 5) is 6.34. The van der Waals surface area contributed by atoms with Crippen LogP contribution in [0.25, 0.3) is 0 Å². The van der Waals surface area contributed by atoms with Crippen LogP contribution in [0, 0.1) is 11.8 Å². The molecule has 2 aliphatic rings. The van der Waals surface area contributed by atoms with Crippen LogP contribution >= 0.6 is 0 Å². The molecule has 0 amide bonds. The van der Waals surface area contributed by atoms with E-state index in [1.54, 1.807) is 6.20 Å². The molecule has 2 N–H and O–H groups in total. The normalized spacial score (nSPS) is 26.6. The van der Waals surface area contributed by atoms with Crippen LogP contribution in [0.4, 0.5) is 0 Å². The van der Waals surface area contributed by atoms with E-state index in [9.17, 15) is 0 Å². The largest absolute Gasteiger partial charge is 0.382 e. The average molecular weight is 259 g/mol. The molecule has 1 heterocycles. The van der Waals surface area contributed by atoms with Crippen molar-refractivity contribution in [2.75, 3.05) is 0 Å². The van der Waals surface area contributed by atoms with E-state index in [2.05, 4.69) is 37.2 Å². The Morgan fingerprint density at radius 2 is 2.21 bits per heavy atom. The molecule has 0 radical (unpaired) electrons. The second-order valence-electron chi connectivity index (χ2n) is 5.81. The van der Waals surface area contributed by atoms with Gasteiger partial charge in [0.25, 0.3) is 0 Å². The smallest absolute Gasteiger partial charge is 0.147 e. The highest BCUT2D eigenvalue weighted by atomic mass is 15.2. The first-order valence-corrected chi connectivity index (χ1v) is 7.20. The van der Waals surface area contributed by atoms with Gasteiger partial charge in [-0.05, 0) is 50.5 Å². The fourth-order valence-electron chi connectivity index (χ4n) is 3.12. The van der Waals surface area contributed by atoms with Crippen LogP contribution in [0.5, 0.6) is 0 Å². The minimum absolute atomic E-state index is 0.579. The molecular formula is C16H25N3. The lowest BCUT2D eigenvalue weighted by Crippen LogP contribution is -2.32. The summed E-state index contributed by atoms with van der Waals surface area (Å²) in [5, 5.41) is 0. The number of nitrogens with two attached hydrogens (primary N) is 1. The minimum atomic E-state index is 0.579. The lowest BCUT2D eigenvalue weighted by Gasteiger charge is -2.31. The quantitative estimate of drug-likeness (QED) is 0.838. The molecule has 3 nitrogen and oxygen atoms in total. The van der Waals surface area contributed by atoms with E-state index in [1.807, 2.05) is 6.20 Å². The zero-order valence-electron chi connectivity index (χ0n) is 12.3. The molecule has 0 aromatic heterocycles. The third-order valence-electron chi connectivity index (χ3n) is 4.29. The molecule has 104 valence electrons. The summed E-state index contributed by atoms with van der Waals surface area (Å²) in [6.07, 6.45) is 8.85. The maximum absolute atomic E-state index is 6.02. The third kappa shape index (κ3) is 2.75. The number of rotatable bonds is 3. The third-order valence-corrected chi connectivity index (χ3v) is 4.29. The maximum Gasteiger partial charge on any atom is 0.147 e. The van der Waals surface area contributed by atoms with Gasteiger partial charge in [-0.25, -0.2) is 4.99 Å². The van der Waals surface area contributed by atoms with E-state index in [0.29, 0.717) is 11.8 Å². The van der Waals surface area contributed by atoms with Crippen molar-refractivity contribution >= 4 is 5.84 Å². The molecule has 1 aliphatic carbocycles. The number of allylic oxidation sites excluding steroid dienone is 2. The predicted molar refractivity (Wildman–Crippen MR) is 81.2 cm³/mol. The van der Waals surface area contributed by atoms with Gasteiger partial charge in [-0.3, -0.25) is 0 Å². The topological polar surface area (TPSA) is 41.6 Å². The van der Waals surface area contributed by atoms with E-state index in [0.717, 1.165) is 11.6 Å². The molecule has 1 fully saturated rings. The Morgan fingerprint density at radius 1 is 1.47 bits per heavy atom. The van der Waals surface area contributed by atoms with Crippen molar-refractivity contribution in [3.05, 3.63) is 35.9 Å². The second kappa shape index (κ2) is 5.64. The van der Waals surface area contributed by atoms with Gasteiger partial charge in [-0.15, -0.1) is 0 Å². The van der Waals surface area contributed by atoms with Crippen molar-refractivity contribution in [2.45, 2.75) is 46.5 Å². The molecule has 1 saturated carbocycles. The highest BCUT2D eigenvalue weighted by Gasteiger charge is 2.29. The number of hydrogen-bond acceptors (Lipinski definition) is 3. The zero-order chi connectivity index (χ0) is 14.0. The Labute approximate surface area is 116 Å². The molecule has 1 aliphatic heterocycles. The van der Waals surface area contributed by atoms with Gasteiger partial charge < -0.3 is 10.6 Å². The number of hydrogen-bond donors (Lipinski definition) is 1. The Hall–Kier alpha value is -1.51. The number of nitrogens with zero attached hydrogens (tertiary/aromatic N) is 2. The summed E-state index contributed by atoms with van der Waals surface area (Å²) in [5.74, 6) is 2.03. The Kier molecular flexibility index (Phi) is 4.13. The lowest BCUT2D eigenvalue weighted by atomic mass is 9.99. The van der Waals surface area contributed by atoms with Crippen molar-refractivity contribution in [1.29, 1.82) is 0 Å². The molecule has 0 aromatic rings. The van der Waals surface area contributed by atoms with Gasteiger partial charge in [0.15, 0.2) is 0 Å². The van der Waals surface area contributed by atoms with Gasteiger partial charge in [0.05, 0.1) is 5.70 Å². The Balaban J connectivity index is 2.18. The standard InChI is InChI=1S/C16H25N3/c1-5-13-6-7-14(10-13)12(4)19-9-8-18-16(17)15(19)11(2)3/h8-9,13-14H,4-7,10H2,1-3H3,(H2,17,18). The van der Waals surface area contributed by atoms with Gasteiger partial charge in [0.2, 0.25) is 0 Å². The van der Waals surface area contributed by atoms with Gasteiger partial charge >= 0.3 is 0 Å². The van der Waals surface area contributed by atoms with Crippen molar-refractivity contribution in [3.63, 3.8) is 0 Å². The summed E-state index contributed by atoms with van der Waals surface area (Å²) < 4.78 is 0. The molecule has 2 atom stereocenters. The molecule has 0 saturated heterocycles. The molecular weight excluding hydrogens is 234 g/mol.